The number of hydrogen-bond donors (Lipinski definition) is 1. The molecular formula is C13H16ClFN2O. The highest BCUT2D eigenvalue weighted by atomic mass is 35.5. The fourth-order valence-electron chi connectivity index (χ4n) is 2.13. The van der Waals surface area contributed by atoms with Crippen molar-refractivity contribution in [2.24, 2.45) is 0 Å². The second kappa shape index (κ2) is 5.67. The molecule has 1 aliphatic heterocycles. The molecule has 98 valence electrons. The molecule has 0 aromatic heterocycles. The largest absolute Gasteiger partial charge is 0.310 e. The third-order valence-electron chi connectivity index (χ3n) is 3.05. The van der Waals surface area contributed by atoms with Crippen LogP contribution >= 0.6 is 11.6 Å². The molecule has 0 radical (unpaired) electrons. The van der Waals surface area contributed by atoms with Crippen molar-refractivity contribution in [1.29, 1.82) is 0 Å². The van der Waals surface area contributed by atoms with E-state index >= 15 is 0 Å². The van der Waals surface area contributed by atoms with E-state index in [0.717, 1.165) is 19.4 Å². The SMILES string of the molecule is CCCNC1CCN(c2ccc(F)cc2Cl)C1=O. The molecule has 1 N–H and O–H groups in total. The number of anilines is 1. The zero-order chi connectivity index (χ0) is 13.1. The van der Waals surface area contributed by atoms with Crippen molar-refractivity contribution in [2.45, 2.75) is 25.8 Å². The predicted octanol–water partition coefficient (Wildman–Crippen LogP) is 2.58. The summed E-state index contributed by atoms with van der Waals surface area (Å²) in [4.78, 5) is 13.8. The Hall–Kier alpha value is -1.13. The third kappa shape index (κ3) is 2.65. The number of hydrogen-bond acceptors (Lipinski definition) is 2. The number of nitrogens with one attached hydrogen (secondary N) is 1. The van der Waals surface area contributed by atoms with Crippen LogP contribution in [0.25, 0.3) is 0 Å². The highest BCUT2D eigenvalue weighted by Crippen LogP contribution is 2.29. The van der Waals surface area contributed by atoms with E-state index < -0.39 is 5.82 Å². The third-order valence-corrected chi connectivity index (χ3v) is 3.35. The lowest BCUT2D eigenvalue weighted by molar-refractivity contribution is -0.118. The van der Waals surface area contributed by atoms with Gasteiger partial charge in [0.1, 0.15) is 5.82 Å². The van der Waals surface area contributed by atoms with Crippen LogP contribution in [0.5, 0.6) is 0 Å². The van der Waals surface area contributed by atoms with Gasteiger partial charge in [-0.1, -0.05) is 18.5 Å². The summed E-state index contributed by atoms with van der Waals surface area (Å²) in [6.45, 7) is 3.49. The summed E-state index contributed by atoms with van der Waals surface area (Å²) in [5, 5.41) is 3.48. The van der Waals surface area contributed by atoms with Gasteiger partial charge < -0.3 is 10.2 Å². The molecule has 1 aliphatic rings. The molecule has 1 atom stereocenters. The summed E-state index contributed by atoms with van der Waals surface area (Å²) in [7, 11) is 0. The van der Waals surface area contributed by atoms with Gasteiger partial charge in [0.05, 0.1) is 16.8 Å². The maximum Gasteiger partial charge on any atom is 0.244 e. The lowest BCUT2D eigenvalue weighted by Crippen LogP contribution is -2.38. The molecular weight excluding hydrogens is 255 g/mol. The van der Waals surface area contributed by atoms with Crippen molar-refractivity contribution in [3.05, 3.63) is 29.0 Å². The van der Waals surface area contributed by atoms with Crippen LogP contribution in [0, 0.1) is 5.82 Å². The monoisotopic (exact) mass is 270 g/mol. The first kappa shape index (κ1) is 13.3. The first-order chi connectivity index (χ1) is 8.63. The van der Waals surface area contributed by atoms with Crippen molar-refractivity contribution in [3.63, 3.8) is 0 Å². The Morgan fingerprint density at radius 1 is 1.56 bits per heavy atom. The Kier molecular flexibility index (Phi) is 4.19. The van der Waals surface area contributed by atoms with Crippen LogP contribution in [-0.2, 0) is 4.79 Å². The number of carbonyl (C=O) groups is 1. The quantitative estimate of drug-likeness (QED) is 0.912. The molecule has 1 fully saturated rings. The first-order valence-electron chi connectivity index (χ1n) is 6.13. The molecule has 1 amide bonds. The van der Waals surface area contributed by atoms with Crippen molar-refractivity contribution >= 4 is 23.2 Å². The highest BCUT2D eigenvalue weighted by Gasteiger charge is 2.32. The molecule has 3 nitrogen and oxygen atoms in total. The lowest BCUT2D eigenvalue weighted by atomic mass is 10.2. The van der Waals surface area contributed by atoms with Gasteiger partial charge in [-0.3, -0.25) is 4.79 Å². The summed E-state index contributed by atoms with van der Waals surface area (Å²) in [6, 6.07) is 3.96. The van der Waals surface area contributed by atoms with Gasteiger partial charge in [0.25, 0.3) is 0 Å². The van der Waals surface area contributed by atoms with E-state index in [2.05, 4.69) is 12.2 Å². The van der Waals surface area contributed by atoms with Crippen molar-refractivity contribution in [3.8, 4) is 0 Å². The molecule has 1 unspecified atom stereocenters. The number of rotatable bonds is 4. The fourth-order valence-corrected chi connectivity index (χ4v) is 2.40. The van der Waals surface area contributed by atoms with E-state index in [1.54, 1.807) is 11.0 Å². The van der Waals surface area contributed by atoms with E-state index in [4.69, 9.17) is 11.6 Å². The van der Waals surface area contributed by atoms with Crippen LogP contribution in [0.4, 0.5) is 10.1 Å². The molecule has 0 aliphatic carbocycles. The van der Waals surface area contributed by atoms with Crippen LogP contribution in [-0.4, -0.2) is 25.0 Å². The highest BCUT2D eigenvalue weighted by molar-refractivity contribution is 6.34. The number of nitrogens with zero attached hydrogens (tertiary/aromatic N) is 1. The molecule has 18 heavy (non-hydrogen) atoms. The van der Waals surface area contributed by atoms with Gasteiger partial charge in [-0.15, -0.1) is 0 Å². The smallest absolute Gasteiger partial charge is 0.244 e. The van der Waals surface area contributed by atoms with Crippen LogP contribution in [0.2, 0.25) is 5.02 Å². The zero-order valence-electron chi connectivity index (χ0n) is 10.2. The Bertz CT molecular complexity index is 453. The number of carbonyl (C=O) groups excluding carboxylic acids is 1. The molecule has 1 aromatic rings. The minimum atomic E-state index is -0.393. The first-order valence-corrected chi connectivity index (χ1v) is 6.51. The molecule has 1 saturated heterocycles. The average Bonchev–Trinajstić information content (AvgIpc) is 2.68. The molecule has 2 rings (SSSR count). The standard InChI is InChI=1S/C13H16ClFN2O/c1-2-6-16-11-5-7-17(13(11)18)12-4-3-9(15)8-10(12)14/h3-4,8,11,16H,2,5-7H2,1H3. The van der Waals surface area contributed by atoms with Crippen molar-refractivity contribution < 1.29 is 9.18 Å². The predicted molar refractivity (Wildman–Crippen MR) is 70.5 cm³/mol. The molecule has 1 aromatic carbocycles. The zero-order valence-corrected chi connectivity index (χ0v) is 11.0. The Morgan fingerprint density at radius 2 is 2.33 bits per heavy atom. The van der Waals surface area contributed by atoms with Crippen LogP contribution in [0.15, 0.2) is 18.2 Å². The van der Waals surface area contributed by atoms with Gasteiger partial charge in [0.15, 0.2) is 0 Å². The Labute approximate surface area is 111 Å². The van der Waals surface area contributed by atoms with Gasteiger partial charge in [-0.2, -0.15) is 0 Å². The van der Waals surface area contributed by atoms with Gasteiger partial charge in [-0.25, -0.2) is 4.39 Å². The second-order valence-corrected chi connectivity index (χ2v) is 4.79. The summed E-state index contributed by atoms with van der Waals surface area (Å²) >= 11 is 5.97. The molecule has 1 heterocycles. The van der Waals surface area contributed by atoms with E-state index in [0.29, 0.717) is 12.2 Å². The maximum absolute atomic E-state index is 13.0. The molecule has 5 heteroatoms. The minimum absolute atomic E-state index is 0.0111. The van der Waals surface area contributed by atoms with Crippen LogP contribution < -0.4 is 10.2 Å². The Morgan fingerprint density at radius 3 is 3.00 bits per heavy atom. The fraction of sp³-hybridized carbons (Fsp3) is 0.462. The summed E-state index contributed by atoms with van der Waals surface area (Å²) in [5.41, 5.74) is 0.587. The van der Waals surface area contributed by atoms with Gasteiger partial charge in [0, 0.05) is 6.54 Å². The average molecular weight is 271 g/mol. The van der Waals surface area contributed by atoms with Crippen molar-refractivity contribution in [1.82, 2.24) is 5.32 Å². The normalized spacial score (nSPS) is 19.6. The topological polar surface area (TPSA) is 32.3 Å². The van der Waals surface area contributed by atoms with Gasteiger partial charge >= 0.3 is 0 Å². The van der Waals surface area contributed by atoms with Crippen molar-refractivity contribution in [2.75, 3.05) is 18.0 Å². The Balaban J connectivity index is 2.13. The van der Waals surface area contributed by atoms with Crippen LogP contribution in [0.3, 0.4) is 0 Å². The van der Waals surface area contributed by atoms with E-state index in [1.807, 2.05) is 0 Å². The lowest BCUT2D eigenvalue weighted by Gasteiger charge is -2.18. The summed E-state index contributed by atoms with van der Waals surface area (Å²) < 4.78 is 13.0. The van der Waals surface area contributed by atoms with Gasteiger partial charge in [-0.05, 0) is 37.6 Å². The van der Waals surface area contributed by atoms with Crippen LogP contribution in [0.1, 0.15) is 19.8 Å². The van der Waals surface area contributed by atoms with E-state index in [-0.39, 0.29) is 17.0 Å². The molecule has 0 saturated carbocycles. The maximum atomic E-state index is 13.0. The summed E-state index contributed by atoms with van der Waals surface area (Å²) in [6.07, 6.45) is 1.74. The summed E-state index contributed by atoms with van der Waals surface area (Å²) in [5.74, 6) is -0.381. The number of benzene rings is 1. The number of amides is 1. The van der Waals surface area contributed by atoms with E-state index in [1.165, 1.54) is 12.1 Å². The second-order valence-electron chi connectivity index (χ2n) is 4.38. The number of halogens is 2. The van der Waals surface area contributed by atoms with Gasteiger partial charge in [0.2, 0.25) is 5.91 Å². The minimum Gasteiger partial charge on any atom is -0.310 e. The molecule has 0 bridgehead atoms. The van der Waals surface area contributed by atoms with E-state index in [9.17, 15) is 9.18 Å². The molecule has 0 spiro atoms.